The molecule has 0 aromatic rings. The summed E-state index contributed by atoms with van der Waals surface area (Å²) in [4.78, 5) is 7.32. The van der Waals surface area contributed by atoms with Crippen LogP contribution in [0.4, 0.5) is 0 Å². The molecule has 1 rings (SSSR count). The van der Waals surface area contributed by atoms with Crippen LogP contribution in [0, 0.1) is 5.92 Å². The Labute approximate surface area is 122 Å². The SMILES string of the molecule is CCCCC[C@H]1C[C@H](/C=[CH]/[Sn]([CH3])([CH3])[CH3])[C@@H](CCl)O1. The molecule has 18 heavy (non-hydrogen) atoms. The van der Waals surface area contributed by atoms with Gasteiger partial charge in [0.15, 0.2) is 0 Å². The molecule has 0 unspecified atom stereocenters. The van der Waals surface area contributed by atoms with Crippen molar-refractivity contribution in [1.82, 2.24) is 0 Å². The summed E-state index contributed by atoms with van der Waals surface area (Å²) in [5.74, 6) is 1.20. The molecule has 0 bridgehead atoms. The number of ether oxygens (including phenoxy) is 1. The number of hydrogen-bond acceptors (Lipinski definition) is 1. The Morgan fingerprint density at radius 3 is 2.56 bits per heavy atom. The first-order valence-electron chi connectivity index (χ1n) is 7.37. The third kappa shape index (κ3) is 6.29. The molecular formula is C15H29ClOSn. The molecular weight excluding hydrogens is 350 g/mol. The Hall–Kier alpha value is 0.789. The van der Waals surface area contributed by atoms with Gasteiger partial charge in [-0.2, -0.15) is 0 Å². The summed E-state index contributed by atoms with van der Waals surface area (Å²) < 4.78 is 8.59. The predicted octanol–water partition coefficient (Wildman–Crippen LogP) is 5.01. The van der Waals surface area contributed by atoms with Crippen molar-refractivity contribution >= 4 is 30.0 Å². The van der Waals surface area contributed by atoms with E-state index >= 15 is 0 Å². The maximum absolute atomic E-state index is 6.08. The van der Waals surface area contributed by atoms with Gasteiger partial charge in [-0.15, -0.1) is 0 Å². The quantitative estimate of drug-likeness (QED) is 0.343. The van der Waals surface area contributed by atoms with Gasteiger partial charge >= 0.3 is 123 Å². The molecule has 3 heteroatoms. The van der Waals surface area contributed by atoms with Crippen LogP contribution >= 0.6 is 11.6 Å². The van der Waals surface area contributed by atoms with Crippen LogP contribution in [-0.4, -0.2) is 36.5 Å². The van der Waals surface area contributed by atoms with E-state index in [0.29, 0.717) is 17.9 Å². The molecule has 1 nitrogen and oxygen atoms in total. The van der Waals surface area contributed by atoms with E-state index in [9.17, 15) is 0 Å². The second-order valence-corrected chi connectivity index (χ2v) is 21.3. The van der Waals surface area contributed by atoms with Crippen molar-refractivity contribution in [2.75, 3.05) is 5.88 Å². The number of hydrogen-bond donors (Lipinski definition) is 0. The fraction of sp³-hybridized carbons (Fsp3) is 0.867. The van der Waals surface area contributed by atoms with Gasteiger partial charge in [-0.05, 0) is 0 Å². The zero-order valence-electron chi connectivity index (χ0n) is 12.4. The molecule has 1 heterocycles. The molecule has 0 aromatic heterocycles. The zero-order valence-corrected chi connectivity index (χ0v) is 16.0. The van der Waals surface area contributed by atoms with Gasteiger partial charge in [-0.3, -0.25) is 0 Å². The van der Waals surface area contributed by atoms with Crippen LogP contribution in [-0.2, 0) is 4.74 Å². The van der Waals surface area contributed by atoms with Crippen molar-refractivity contribution in [3.8, 4) is 0 Å². The average Bonchev–Trinajstić information content (AvgIpc) is 2.68. The summed E-state index contributed by atoms with van der Waals surface area (Å²) >= 11 is 4.25. The van der Waals surface area contributed by atoms with Crippen LogP contribution in [0.2, 0.25) is 14.8 Å². The monoisotopic (exact) mass is 380 g/mol. The normalized spacial score (nSPS) is 29.3. The first-order chi connectivity index (χ1) is 8.46. The van der Waals surface area contributed by atoms with E-state index in [1.54, 1.807) is 0 Å². The Morgan fingerprint density at radius 1 is 1.28 bits per heavy atom. The van der Waals surface area contributed by atoms with Crippen molar-refractivity contribution in [1.29, 1.82) is 0 Å². The van der Waals surface area contributed by atoms with Gasteiger partial charge in [0, 0.05) is 0 Å². The molecule has 0 spiro atoms. The molecule has 1 fully saturated rings. The molecule has 0 saturated carbocycles. The van der Waals surface area contributed by atoms with Gasteiger partial charge in [-0.1, -0.05) is 0 Å². The van der Waals surface area contributed by atoms with Crippen LogP contribution in [0.3, 0.4) is 0 Å². The van der Waals surface area contributed by atoms with Crippen molar-refractivity contribution < 1.29 is 4.74 Å². The predicted molar refractivity (Wildman–Crippen MR) is 84.1 cm³/mol. The van der Waals surface area contributed by atoms with Gasteiger partial charge in [0.05, 0.1) is 0 Å². The maximum atomic E-state index is 6.08. The van der Waals surface area contributed by atoms with Crippen LogP contribution in [0.5, 0.6) is 0 Å². The fourth-order valence-electron chi connectivity index (χ4n) is 2.43. The van der Waals surface area contributed by atoms with Gasteiger partial charge in [0.2, 0.25) is 0 Å². The van der Waals surface area contributed by atoms with Crippen molar-refractivity contribution in [2.24, 2.45) is 5.92 Å². The molecule has 106 valence electrons. The fourth-order valence-corrected chi connectivity index (χ4v) is 5.09. The van der Waals surface area contributed by atoms with Crippen LogP contribution in [0.1, 0.15) is 39.0 Å². The van der Waals surface area contributed by atoms with E-state index in [2.05, 4.69) is 31.9 Å². The van der Waals surface area contributed by atoms with E-state index in [1.807, 2.05) is 0 Å². The molecule has 1 saturated heterocycles. The molecule has 1 aliphatic rings. The van der Waals surface area contributed by atoms with E-state index < -0.39 is 18.4 Å². The Bertz CT molecular complexity index is 260. The third-order valence-electron chi connectivity index (χ3n) is 3.50. The second kappa shape index (κ2) is 8.16. The zero-order chi connectivity index (χ0) is 13.6. The molecule has 3 atom stereocenters. The number of rotatable bonds is 7. The molecule has 1 aliphatic heterocycles. The van der Waals surface area contributed by atoms with E-state index in [1.165, 1.54) is 32.1 Å². The Balaban J connectivity index is 2.45. The summed E-state index contributed by atoms with van der Waals surface area (Å²) in [5, 5.41) is 0. The van der Waals surface area contributed by atoms with Crippen LogP contribution in [0.25, 0.3) is 0 Å². The van der Waals surface area contributed by atoms with E-state index in [-0.39, 0.29) is 6.10 Å². The summed E-state index contributed by atoms with van der Waals surface area (Å²) in [6.45, 7) is 2.25. The van der Waals surface area contributed by atoms with Crippen molar-refractivity contribution in [3.05, 3.63) is 10.2 Å². The Morgan fingerprint density at radius 2 is 2.00 bits per heavy atom. The summed E-state index contributed by atoms with van der Waals surface area (Å²) in [6.07, 6.45) is 9.42. The summed E-state index contributed by atoms with van der Waals surface area (Å²) in [5.41, 5.74) is 0. The van der Waals surface area contributed by atoms with Crippen molar-refractivity contribution in [3.63, 3.8) is 0 Å². The number of alkyl halides is 1. The van der Waals surface area contributed by atoms with E-state index in [4.69, 9.17) is 16.3 Å². The summed E-state index contributed by atoms with van der Waals surface area (Å²) in [6, 6.07) is 0. The number of halogens is 1. The van der Waals surface area contributed by atoms with Gasteiger partial charge < -0.3 is 0 Å². The van der Waals surface area contributed by atoms with Gasteiger partial charge in [0.1, 0.15) is 0 Å². The molecule has 0 aliphatic carbocycles. The van der Waals surface area contributed by atoms with Gasteiger partial charge in [-0.25, -0.2) is 0 Å². The molecule has 0 amide bonds. The van der Waals surface area contributed by atoms with Crippen LogP contribution < -0.4 is 0 Å². The molecule has 0 aromatic carbocycles. The third-order valence-corrected chi connectivity index (χ3v) is 7.21. The molecule has 0 radical (unpaired) electrons. The van der Waals surface area contributed by atoms with E-state index in [0.717, 1.165) is 0 Å². The minimum atomic E-state index is -1.79. The first-order valence-corrected chi connectivity index (χ1v) is 18.1. The Kier molecular flexibility index (Phi) is 7.63. The van der Waals surface area contributed by atoms with Gasteiger partial charge in [0.25, 0.3) is 0 Å². The standard InChI is InChI=1S/C12H20ClO.3CH3.Sn/c1-3-5-6-7-11-8-10(4-2)12(9-13)14-11;;;;/h2,4,10-12H,3,5-9H2,1H3;3*1H3;/t10-,11-,12+;;;;/m0..../s1. The topological polar surface area (TPSA) is 9.23 Å². The number of unbranched alkanes of at least 4 members (excludes halogenated alkanes) is 2. The second-order valence-electron chi connectivity index (χ2n) is 6.57. The van der Waals surface area contributed by atoms with Crippen molar-refractivity contribution in [2.45, 2.75) is 66.1 Å². The van der Waals surface area contributed by atoms with Crippen LogP contribution in [0.15, 0.2) is 10.2 Å². The average molecular weight is 380 g/mol. The first kappa shape index (κ1) is 16.8. The summed E-state index contributed by atoms with van der Waals surface area (Å²) in [7, 11) is 0. The molecule has 0 N–H and O–H groups in total. The minimum absolute atomic E-state index is 0.253.